The fourth-order valence-corrected chi connectivity index (χ4v) is 2.42. The van der Waals surface area contributed by atoms with E-state index in [1.165, 1.54) is 0 Å². The molecule has 1 N–H and O–H groups in total. The maximum atomic E-state index is 10.9. The molecule has 0 radical (unpaired) electrons. The molecule has 0 aliphatic carbocycles. The van der Waals surface area contributed by atoms with Gasteiger partial charge in [-0.25, -0.2) is 0 Å². The molecule has 0 spiro atoms. The number of morpholine rings is 1. The number of benzene rings is 1. The van der Waals surface area contributed by atoms with Crippen LogP contribution in [0.1, 0.15) is 12.0 Å². The van der Waals surface area contributed by atoms with Crippen molar-refractivity contribution in [3.63, 3.8) is 0 Å². The van der Waals surface area contributed by atoms with E-state index in [1.54, 1.807) is 0 Å². The van der Waals surface area contributed by atoms with Gasteiger partial charge in [-0.1, -0.05) is 17.7 Å². The first-order valence-corrected chi connectivity index (χ1v) is 6.28. The van der Waals surface area contributed by atoms with Crippen LogP contribution in [0.2, 0.25) is 5.02 Å². The molecule has 1 fully saturated rings. The second kappa shape index (κ2) is 5.59. The molecule has 0 amide bonds. The summed E-state index contributed by atoms with van der Waals surface area (Å²) in [5, 5.41) is 9.65. The fourth-order valence-electron chi connectivity index (χ4n) is 2.25. The van der Waals surface area contributed by atoms with E-state index in [1.807, 2.05) is 25.1 Å². The topological polar surface area (TPSA) is 49.8 Å². The third-order valence-electron chi connectivity index (χ3n) is 3.19. The van der Waals surface area contributed by atoms with Gasteiger partial charge in [0, 0.05) is 17.3 Å². The van der Waals surface area contributed by atoms with Gasteiger partial charge in [-0.3, -0.25) is 4.79 Å². The highest BCUT2D eigenvalue weighted by Crippen LogP contribution is 2.29. The molecule has 1 saturated heterocycles. The number of hydrogen-bond donors (Lipinski definition) is 1. The van der Waals surface area contributed by atoms with Crippen molar-refractivity contribution in [3.05, 3.63) is 28.8 Å². The number of ether oxygens (including phenoxy) is 1. The minimum absolute atomic E-state index is 0.0754. The van der Waals surface area contributed by atoms with E-state index < -0.39 is 5.97 Å². The van der Waals surface area contributed by atoms with Crippen LogP contribution in [0.5, 0.6) is 0 Å². The molecule has 2 rings (SSSR count). The first kappa shape index (κ1) is 13.2. The molecule has 5 heteroatoms. The van der Waals surface area contributed by atoms with Gasteiger partial charge in [0.1, 0.15) is 0 Å². The number of anilines is 1. The summed E-state index contributed by atoms with van der Waals surface area (Å²) in [6.07, 6.45) is 0.0754. The third kappa shape index (κ3) is 2.76. The zero-order valence-electron chi connectivity index (χ0n) is 10.2. The summed E-state index contributed by atoms with van der Waals surface area (Å²) in [6, 6.07) is 5.57. The van der Waals surface area contributed by atoms with E-state index >= 15 is 0 Å². The van der Waals surface area contributed by atoms with Gasteiger partial charge < -0.3 is 14.7 Å². The van der Waals surface area contributed by atoms with Gasteiger partial charge in [0.25, 0.3) is 0 Å². The Labute approximate surface area is 111 Å². The standard InChI is InChI=1S/C13H16ClNO3/c1-9-11(14)3-2-4-12(9)15-5-6-18-8-10(15)7-13(16)17/h2-4,10H,5-8H2,1H3,(H,16,17). The number of nitrogens with zero attached hydrogens (tertiary/aromatic N) is 1. The molecule has 0 saturated carbocycles. The van der Waals surface area contributed by atoms with Gasteiger partial charge in [-0.2, -0.15) is 0 Å². The smallest absolute Gasteiger partial charge is 0.305 e. The summed E-state index contributed by atoms with van der Waals surface area (Å²) in [5.74, 6) is -0.810. The number of hydrogen-bond acceptors (Lipinski definition) is 3. The van der Waals surface area contributed by atoms with Crippen LogP contribution in [0, 0.1) is 6.92 Å². The predicted molar refractivity (Wildman–Crippen MR) is 70.4 cm³/mol. The minimum Gasteiger partial charge on any atom is -0.481 e. The van der Waals surface area contributed by atoms with Gasteiger partial charge in [0.2, 0.25) is 0 Å². The van der Waals surface area contributed by atoms with E-state index in [2.05, 4.69) is 4.90 Å². The second-order valence-electron chi connectivity index (χ2n) is 4.40. The highest BCUT2D eigenvalue weighted by atomic mass is 35.5. The Bertz CT molecular complexity index is 450. The Hall–Kier alpha value is -1.26. The Kier molecular flexibility index (Phi) is 4.09. The van der Waals surface area contributed by atoms with E-state index in [0.29, 0.717) is 24.8 Å². The van der Waals surface area contributed by atoms with Crippen molar-refractivity contribution in [1.82, 2.24) is 0 Å². The van der Waals surface area contributed by atoms with Crippen LogP contribution in [-0.4, -0.2) is 36.9 Å². The third-order valence-corrected chi connectivity index (χ3v) is 3.60. The van der Waals surface area contributed by atoms with Crippen molar-refractivity contribution in [3.8, 4) is 0 Å². The van der Waals surface area contributed by atoms with Crippen LogP contribution >= 0.6 is 11.6 Å². The zero-order chi connectivity index (χ0) is 13.1. The average molecular weight is 270 g/mol. The lowest BCUT2D eigenvalue weighted by Crippen LogP contribution is -2.47. The fraction of sp³-hybridized carbons (Fsp3) is 0.462. The van der Waals surface area contributed by atoms with Crippen molar-refractivity contribution in [2.75, 3.05) is 24.7 Å². The van der Waals surface area contributed by atoms with E-state index in [4.69, 9.17) is 21.4 Å². The Morgan fingerprint density at radius 1 is 1.61 bits per heavy atom. The second-order valence-corrected chi connectivity index (χ2v) is 4.81. The zero-order valence-corrected chi connectivity index (χ0v) is 11.0. The highest BCUT2D eigenvalue weighted by molar-refractivity contribution is 6.31. The van der Waals surface area contributed by atoms with E-state index in [-0.39, 0.29) is 12.5 Å². The summed E-state index contributed by atoms with van der Waals surface area (Å²) < 4.78 is 5.37. The molecule has 1 heterocycles. The normalized spacial score (nSPS) is 19.9. The number of carboxylic acid groups (broad SMARTS) is 1. The van der Waals surface area contributed by atoms with Gasteiger partial charge in [0.05, 0.1) is 25.7 Å². The van der Waals surface area contributed by atoms with Crippen molar-refractivity contribution < 1.29 is 14.6 Å². The van der Waals surface area contributed by atoms with Crippen LogP contribution in [-0.2, 0) is 9.53 Å². The first-order chi connectivity index (χ1) is 8.59. The Morgan fingerprint density at radius 2 is 2.39 bits per heavy atom. The number of rotatable bonds is 3. The molecule has 1 aromatic carbocycles. The van der Waals surface area contributed by atoms with Gasteiger partial charge in [-0.05, 0) is 24.6 Å². The maximum Gasteiger partial charge on any atom is 0.305 e. The lowest BCUT2D eigenvalue weighted by molar-refractivity contribution is -0.138. The van der Waals surface area contributed by atoms with E-state index in [9.17, 15) is 4.79 Å². The molecular formula is C13H16ClNO3. The van der Waals surface area contributed by atoms with Crippen molar-refractivity contribution in [2.24, 2.45) is 0 Å². The van der Waals surface area contributed by atoms with Gasteiger partial charge >= 0.3 is 5.97 Å². The summed E-state index contributed by atoms with van der Waals surface area (Å²) in [6.45, 7) is 3.70. The number of halogens is 1. The van der Waals surface area contributed by atoms with Crippen LogP contribution in [0.25, 0.3) is 0 Å². The molecule has 1 atom stereocenters. The molecule has 1 unspecified atom stereocenters. The monoisotopic (exact) mass is 269 g/mol. The number of carbonyl (C=O) groups is 1. The lowest BCUT2D eigenvalue weighted by atomic mass is 10.1. The highest BCUT2D eigenvalue weighted by Gasteiger charge is 2.26. The van der Waals surface area contributed by atoms with Crippen molar-refractivity contribution >= 4 is 23.3 Å². The van der Waals surface area contributed by atoms with Crippen LogP contribution < -0.4 is 4.90 Å². The largest absolute Gasteiger partial charge is 0.481 e. The Balaban J connectivity index is 2.27. The van der Waals surface area contributed by atoms with E-state index in [0.717, 1.165) is 11.3 Å². The predicted octanol–water partition coefficient (Wildman–Crippen LogP) is 2.33. The van der Waals surface area contributed by atoms with Crippen molar-refractivity contribution in [1.29, 1.82) is 0 Å². The molecule has 1 aliphatic rings. The quantitative estimate of drug-likeness (QED) is 0.915. The molecule has 1 aliphatic heterocycles. The summed E-state index contributed by atoms with van der Waals surface area (Å²) >= 11 is 6.11. The van der Waals surface area contributed by atoms with Gasteiger partial charge in [0.15, 0.2) is 0 Å². The summed E-state index contributed by atoms with van der Waals surface area (Å²) in [7, 11) is 0. The van der Waals surface area contributed by atoms with Crippen LogP contribution in [0.4, 0.5) is 5.69 Å². The van der Waals surface area contributed by atoms with Crippen LogP contribution in [0.3, 0.4) is 0 Å². The van der Waals surface area contributed by atoms with Crippen LogP contribution in [0.15, 0.2) is 18.2 Å². The SMILES string of the molecule is Cc1c(Cl)cccc1N1CCOCC1CC(=O)O. The number of aliphatic carboxylic acids is 1. The Morgan fingerprint density at radius 3 is 3.11 bits per heavy atom. The molecule has 0 bridgehead atoms. The first-order valence-electron chi connectivity index (χ1n) is 5.91. The molecule has 98 valence electrons. The molecule has 0 aromatic heterocycles. The molecule has 18 heavy (non-hydrogen) atoms. The lowest BCUT2D eigenvalue weighted by Gasteiger charge is -2.37. The van der Waals surface area contributed by atoms with Gasteiger partial charge in [-0.15, -0.1) is 0 Å². The summed E-state index contributed by atoms with van der Waals surface area (Å²) in [5.41, 5.74) is 1.98. The minimum atomic E-state index is -0.810. The van der Waals surface area contributed by atoms with Crippen molar-refractivity contribution in [2.45, 2.75) is 19.4 Å². The maximum absolute atomic E-state index is 10.9. The molecule has 1 aromatic rings. The molecular weight excluding hydrogens is 254 g/mol. The summed E-state index contributed by atoms with van der Waals surface area (Å²) in [4.78, 5) is 13.0. The average Bonchev–Trinajstić information content (AvgIpc) is 2.33. The molecule has 4 nitrogen and oxygen atoms in total. The number of carboxylic acids is 1.